The van der Waals surface area contributed by atoms with E-state index in [2.05, 4.69) is 4.74 Å². The third kappa shape index (κ3) is 7.07. The third-order valence-electron chi connectivity index (χ3n) is 1.53. The maximum atomic E-state index is 12.0. The third-order valence-corrected chi connectivity index (χ3v) is 1.53. The van der Waals surface area contributed by atoms with Crippen molar-refractivity contribution in [3.63, 3.8) is 0 Å². The van der Waals surface area contributed by atoms with Crippen LogP contribution in [-0.2, 0) is 14.3 Å². The fourth-order valence-electron chi connectivity index (χ4n) is 0.922. The van der Waals surface area contributed by atoms with Gasteiger partial charge in [-0.05, 0) is 0 Å². The first-order valence-electron chi connectivity index (χ1n) is 4.43. The van der Waals surface area contributed by atoms with E-state index in [1.54, 1.807) is 0 Å². The zero-order valence-electron chi connectivity index (χ0n) is 8.44. The largest absolute Gasteiger partial charge is 0.480 e. The van der Waals surface area contributed by atoms with E-state index >= 15 is 0 Å². The number of carbonyl (C=O) groups excluding carboxylic acids is 1. The van der Waals surface area contributed by atoms with Crippen LogP contribution in [0.25, 0.3) is 0 Å². The molecule has 2 N–H and O–H groups in total. The Balaban J connectivity index is 4.00. The van der Waals surface area contributed by atoms with E-state index in [1.807, 2.05) is 0 Å². The normalized spacial score (nSPS) is 10.5. The van der Waals surface area contributed by atoms with Gasteiger partial charge in [0.1, 0.15) is 13.2 Å². The number of carboxylic acids is 1. The molecule has 0 aromatic carbocycles. The van der Waals surface area contributed by atoms with Crippen molar-refractivity contribution in [1.29, 1.82) is 0 Å². The molecule has 0 saturated carbocycles. The molecule has 0 unspecified atom stereocenters. The molecule has 0 aromatic rings. The first-order valence-corrected chi connectivity index (χ1v) is 4.43. The molecule has 0 spiro atoms. The minimum atomic E-state index is -2.71. The van der Waals surface area contributed by atoms with Crippen LogP contribution in [0.1, 0.15) is 0 Å². The van der Waals surface area contributed by atoms with Crippen LogP contribution in [0.2, 0.25) is 0 Å². The van der Waals surface area contributed by atoms with Gasteiger partial charge in [-0.15, -0.1) is 0 Å². The summed E-state index contributed by atoms with van der Waals surface area (Å²) in [6.45, 7) is -2.76. The van der Waals surface area contributed by atoms with Crippen LogP contribution in [-0.4, -0.2) is 66.3 Å². The van der Waals surface area contributed by atoms with E-state index in [0.717, 1.165) is 0 Å². The summed E-state index contributed by atoms with van der Waals surface area (Å²) in [6, 6.07) is 0. The topological polar surface area (TPSA) is 87.1 Å². The molecule has 0 aliphatic rings. The maximum absolute atomic E-state index is 12.0. The summed E-state index contributed by atoms with van der Waals surface area (Å²) < 4.78 is 28.5. The molecular formula is C8H13F2NO5. The number of hydrogen-bond acceptors (Lipinski definition) is 4. The molecule has 0 atom stereocenters. The fourth-order valence-corrected chi connectivity index (χ4v) is 0.922. The van der Waals surface area contributed by atoms with E-state index in [9.17, 15) is 18.4 Å². The van der Waals surface area contributed by atoms with Crippen molar-refractivity contribution in [1.82, 2.24) is 4.90 Å². The van der Waals surface area contributed by atoms with Gasteiger partial charge >= 0.3 is 5.97 Å². The number of ether oxygens (including phenoxy) is 1. The minimum absolute atomic E-state index is 0.237. The van der Waals surface area contributed by atoms with Crippen LogP contribution in [0.5, 0.6) is 0 Å². The highest BCUT2D eigenvalue weighted by Gasteiger charge is 2.17. The van der Waals surface area contributed by atoms with Crippen molar-refractivity contribution in [2.24, 2.45) is 0 Å². The maximum Gasteiger partial charge on any atom is 0.329 e. The van der Waals surface area contributed by atoms with Gasteiger partial charge in [0.05, 0.1) is 13.2 Å². The Hall–Kier alpha value is -1.28. The fraction of sp³-hybridized carbons (Fsp3) is 0.750. The van der Waals surface area contributed by atoms with Crippen molar-refractivity contribution < 1.29 is 33.3 Å². The van der Waals surface area contributed by atoms with E-state index in [-0.39, 0.29) is 6.54 Å². The Morgan fingerprint density at radius 1 is 1.31 bits per heavy atom. The second-order valence-corrected chi connectivity index (χ2v) is 2.84. The minimum Gasteiger partial charge on any atom is -0.480 e. The molecule has 16 heavy (non-hydrogen) atoms. The van der Waals surface area contributed by atoms with Gasteiger partial charge in [0.15, 0.2) is 0 Å². The molecule has 1 amide bonds. The summed E-state index contributed by atoms with van der Waals surface area (Å²) in [4.78, 5) is 22.0. The zero-order valence-corrected chi connectivity index (χ0v) is 8.44. The van der Waals surface area contributed by atoms with E-state index in [1.165, 1.54) is 0 Å². The van der Waals surface area contributed by atoms with Gasteiger partial charge in [0, 0.05) is 6.54 Å². The second kappa shape index (κ2) is 7.94. The van der Waals surface area contributed by atoms with Crippen LogP contribution >= 0.6 is 0 Å². The molecule has 0 rings (SSSR count). The Kier molecular flexibility index (Phi) is 7.31. The van der Waals surface area contributed by atoms with Crippen molar-refractivity contribution in [3.05, 3.63) is 0 Å². The lowest BCUT2D eigenvalue weighted by molar-refractivity contribution is -0.146. The van der Waals surface area contributed by atoms with Gasteiger partial charge in [0.2, 0.25) is 5.91 Å². The number of nitrogens with zero attached hydrogens (tertiary/aromatic N) is 1. The van der Waals surface area contributed by atoms with E-state index in [0.29, 0.717) is 4.90 Å². The molecule has 0 bridgehead atoms. The van der Waals surface area contributed by atoms with Crippen LogP contribution in [0.4, 0.5) is 8.78 Å². The average Bonchev–Trinajstić information content (AvgIpc) is 2.15. The number of hydrogen-bond donors (Lipinski definition) is 2. The van der Waals surface area contributed by atoms with Crippen LogP contribution in [0.3, 0.4) is 0 Å². The lowest BCUT2D eigenvalue weighted by Crippen LogP contribution is -2.39. The summed E-state index contributed by atoms with van der Waals surface area (Å²) in [5.41, 5.74) is 0. The number of amides is 1. The van der Waals surface area contributed by atoms with Crippen molar-refractivity contribution in [3.8, 4) is 0 Å². The smallest absolute Gasteiger partial charge is 0.329 e. The molecule has 0 aliphatic carbocycles. The molecule has 0 fully saturated rings. The van der Waals surface area contributed by atoms with Crippen molar-refractivity contribution >= 4 is 11.9 Å². The zero-order chi connectivity index (χ0) is 12.6. The van der Waals surface area contributed by atoms with Gasteiger partial charge in [-0.3, -0.25) is 4.79 Å². The number of halogens is 2. The highest BCUT2D eigenvalue weighted by atomic mass is 19.3. The van der Waals surface area contributed by atoms with Gasteiger partial charge in [0.25, 0.3) is 6.43 Å². The van der Waals surface area contributed by atoms with Gasteiger partial charge in [-0.1, -0.05) is 0 Å². The Bertz CT molecular complexity index is 236. The van der Waals surface area contributed by atoms with E-state index < -0.39 is 44.7 Å². The van der Waals surface area contributed by atoms with Gasteiger partial charge in [-0.2, -0.15) is 0 Å². The predicted octanol–water partition coefficient (Wildman–Crippen LogP) is -0.826. The molecule has 8 heteroatoms. The summed E-state index contributed by atoms with van der Waals surface area (Å²) in [5.74, 6) is -2.04. The summed E-state index contributed by atoms with van der Waals surface area (Å²) in [5, 5.41) is 16.7. The number of aliphatic carboxylic acids is 1. The summed E-state index contributed by atoms with van der Waals surface area (Å²) >= 11 is 0. The number of carbonyl (C=O) groups is 2. The second-order valence-electron chi connectivity index (χ2n) is 2.84. The van der Waals surface area contributed by atoms with Crippen LogP contribution in [0, 0.1) is 0 Å². The van der Waals surface area contributed by atoms with Crippen molar-refractivity contribution in [2.75, 3.05) is 32.9 Å². The number of aliphatic hydroxyl groups excluding tert-OH is 1. The highest BCUT2D eigenvalue weighted by molar-refractivity contribution is 5.78. The SMILES string of the molecule is O=C(O)COCC(=O)N(CCO)CC(F)F. The molecule has 94 valence electrons. The predicted molar refractivity (Wildman–Crippen MR) is 48.1 cm³/mol. The number of alkyl halides is 2. The first-order chi connectivity index (χ1) is 7.47. The number of rotatable bonds is 8. The average molecular weight is 241 g/mol. The summed E-state index contributed by atoms with van der Waals surface area (Å²) in [7, 11) is 0. The van der Waals surface area contributed by atoms with Gasteiger partial charge in [-0.25, -0.2) is 13.6 Å². The van der Waals surface area contributed by atoms with Crippen molar-refractivity contribution in [2.45, 2.75) is 6.43 Å². The molecule has 0 saturated heterocycles. The lowest BCUT2D eigenvalue weighted by Gasteiger charge is -2.20. The van der Waals surface area contributed by atoms with Crippen LogP contribution < -0.4 is 0 Å². The monoisotopic (exact) mass is 241 g/mol. The number of aliphatic hydroxyl groups is 1. The molecule has 0 aliphatic heterocycles. The molecule has 0 heterocycles. The number of carboxylic acid groups (broad SMARTS) is 1. The lowest BCUT2D eigenvalue weighted by atomic mass is 10.4. The molecule has 6 nitrogen and oxygen atoms in total. The molecule has 0 aromatic heterocycles. The molecule has 0 radical (unpaired) electrons. The van der Waals surface area contributed by atoms with E-state index in [4.69, 9.17) is 10.2 Å². The molecular weight excluding hydrogens is 228 g/mol. The Morgan fingerprint density at radius 2 is 1.94 bits per heavy atom. The first kappa shape index (κ1) is 14.7. The standard InChI is InChI=1S/C8H13F2NO5/c9-6(10)3-11(1-2-12)7(13)4-16-5-8(14)15/h6,12H,1-5H2,(H,14,15). The van der Waals surface area contributed by atoms with Crippen LogP contribution in [0.15, 0.2) is 0 Å². The highest BCUT2D eigenvalue weighted by Crippen LogP contribution is 1.99. The quantitative estimate of drug-likeness (QED) is 0.579. The van der Waals surface area contributed by atoms with Gasteiger partial charge < -0.3 is 19.8 Å². The Morgan fingerprint density at radius 3 is 2.38 bits per heavy atom. The Labute approximate surface area is 90.4 Å². The summed E-state index contributed by atoms with van der Waals surface area (Å²) in [6.07, 6.45) is -2.71.